The number of carboxylic acid groups (broad SMARTS) is 1. The summed E-state index contributed by atoms with van der Waals surface area (Å²) in [4.78, 5) is 50.8. The fourth-order valence-electron chi connectivity index (χ4n) is 7.14. The molecule has 0 aliphatic carbocycles. The van der Waals surface area contributed by atoms with Gasteiger partial charge in [-0.05, 0) is 109 Å². The number of hydrogen-bond donors (Lipinski definition) is 3. The quantitative estimate of drug-likeness (QED) is 0.0229. The monoisotopic (exact) mass is 967 g/mol. The number of hydrogen-bond acceptors (Lipinski definition) is 11. The van der Waals surface area contributed by atoms with E-state index in [9.17, 15) is 34.5 Å². The standard InChI is InChI=1S/C57H90O12/c1-4-7-10-13-16-19-22-25-28-31-34-37-40-43-49(58)65-46-48(67-50(59)44-41-38-35-32-29-26-23-20-17-14-11-8-5-2)47-66-57-55(53(62)52(61)54(69-57)56(63)64)68-51(60)45-42-39-36-33-30-27-24-21-18-15-12-9-6-3/h7-8,10-12,15-17,19-21,24-26,28-29,48,52-55,57,61-62H,4-6,9,13-14,18,22-23,27,30-47H2,1-3H3,(H,63,64)/b10-7-,11-8-,15-12-,19-16-,20-17-,24-21-,28-25-,29-26-. The van der Waals surface area contributed by atoms with Crippen LogP contribution in [0.3, 0.4) is 0 Å². The molecule has 1 fully saturated rings. The Bertz CT molecular complexity index is 1570. The van der Waals surface area contributed by atoms with Crippen molar-refractivity contribution in [1.29, 1.82) is 0 Å². The lowest BCUT2D eigenvalue weighted by atomic mass is 9.98. The van der Waals surface area contributed by atoms with Crippen molar-refractivity contribution in [2.75, 3.05) is 13.2 Å². The Kier molecular flexibility index (Phi) is 40.7. The molecular formula is C57H90O12. The van der Waals surface area contributed by atoms with E-state index in [1.54, 1.807) is 0 Å². The van der Waals surface area contributed by atoms with E-state index in [4.69, 9.17) is 23.7 Å². The number of allylic oxidation sites excluding steroid dienone is 16. The molecule has 1 aliphatic heterocycles. The molecule has 1 rings (SSSR count). The number of ether oxygens (including phenoxy) is 5. The predicted molar refractivity (Wildman–Crippen MR) is 275 cm³/mol. The maximum atomic E-state index is 13.1. The number of esters is 3. The molecule has 1 saturated heterocycles. The van der Waals surface area contributed by atoms with Gasteiger partial charge in [0.15, 0.2) is 24.6 Å². The Balaban J connectivity index is 2.79. The van der Waals surface area contributed by atoms with Crippen LogP contribution < -0.4 is 0 Å². The summed E-state index contributed by atoms with van der Waals surface area (Å²) in [5.74, 6) is -3.24. The molecule has 0 aromatic rings. The summed E-state index contributed by atoms with van der Waals surface area (Å²) in [6.45, 7) is 5.60. The average Bonchev–Trinajstić information content (AvgIpc) is 3.33. The van der Waals surface area contributed by atoms with Gasteiger partial charge in [-0.1, -0.05) is 157 Å². The fraction of sp³-hybridized carbons (Fsp3) is 0.649. The van der Waals surface area contributed by atoms with Crippen LogP contribution in [0.4, 0.5) is 0 Å². The third-order valence-corrected chi connectivity index (χ3v) is 11.1. The van der Waals surface area contributed by atoms with Gasteiger partial charge in [0.25, 0.3) is 0 Å². The third-order valence-electron chi connectivity index (χ3n) is 11.1. The number of carbonyl (C=O) groups excluding carboxylic acids is 3. The molecule has 6 unspecified atom stereocenters. The van der Waals surface area contributed by atoms with E-state index in [1.165, 1.54) is 0 Å². The highest BCUT2D eigenvalue weighted by Gasteiger charge is 2.50. The minimum atomic E-state index is -1.92. The number of rotatable bonds is 42. The predicted octanol–water partition coefficient (Wildman–Crippen LogP) is 12.6. The Labute approximate surface area is 415 Å². The molecule has 0 aromatic heterocycles. The van der Waals surface area contributed by atoms with E-state index in [2.05, 4.69) is 118 Å². The van der Waals surface area contributed by atoms with Crippen LogP contribution in [-0.4, -0.2) is 89.2 Å². The van der Waals surface area contributed by atoms with Crippen molar-refractivity contribution in [3.63, 3.8) is 0 Å². The maximum Gasteiger partial charge on any atom is 0.335 e. The maximum absolute atomic E-state index is 13.1. The van der Waals surface area contributed by atoms with Crippen LogP contribution in [0.25, 0.3) is 0 Å². The first-order valence-electron chi connectivity index (χ1n) is 26.2. The minimum absolute atomic E-state index is 0.0329. The summed E-state index contributed by atoms with van der Waals surface area (Å²) in [5, 5.41) is 31.3. The number of unbranched alkanes of at least 4 members (excludes halogenated alkanes) is 12. The molecule has 12 nitrogen and oxygen atoms in total. The van der Waals surface area contributed by atoms with E-state index in [-0.39, 0.29) is 25.9 Å². The first kappa shape index (κ1) is 62.7. The van der Waals surface area contributed by atoms with E-state index >= 15 is 0 Å². The molecular weight excluding hydrogens is 877 g/mol. The molecule has 3 N–H and O–H groups in total. The summed E-state index contributed by atoms with van der Waals surface area (Å²) >= 11 is 0. The number of aliphatic hydroxyl groups is 2. The molecule has 0 aromatic carbocycles. The number of aliphatic carboxylic acids is 1. The van der Waals surface area contributed by atoms with Crippen LogP contribution in [0.2, 0.25) is 0 Å². The summed E-state index contributed by atoms with van der Waals surface area (Å²) in [7, 11) is 0. The van der Waals surface area contributed by atoms with Gasteiger partial charge < -0.3 is 39.0 Å². The van der Waals surface area contributed by atoms with Gasteiger partial charge in [0.05, 0.1) is 6.61 Å². The highest BCUT2D eigenvalue weighted by atomic mass is 16.7. The van der Waals surface area contributed by atoms with Crippen LogP contribution in [0.15, 0.2) is 97.2 Å². The molecule has 390 valence electrons. The van der Waals surface area contributed by atoms with Gasteiger partial charge in [-0.15, -0.1) is 0 Å². The SMILES string of the molecule is CC/C=C\C/C=C\C/C=C\CCCCCC(=O)OCC(COC1OC(C(=O)O)C(O)C(O)C1OC(=O)CCCCCCC/C=C\C/C=C\CCC)OC(=O)CCCCC/C=C\C/C=C\C/C=C\CC. The zero-order chi connectivity index (χ0) is 50.4. The second kappa shape index (κ2) is 44.8. The normalized spacial score (nSPS) is 19.5. The number of aliphatic hydroxyl groups excluding tert-OH is 2. The Morgan fingerprint density at radius 3 is 1.41 bits per heavy atom. The topological polar surface area (TPSA) is 175 Å². The Morgan fingerprint density at radius 1 is 0.493 bits per heavy atom. The molecule has 0 radical (unpaired) electrons. The largest absolute Gasteiger partial charge is 0.479 e. The van der Waals surface area contributed by atoms with Crippen LogP contribution in [0.5, 0.6) is 0 Å². The van der Waals surface area contributed by atoms with Gasteiger partial charge in [-0.3, -0.25) is 14.4 Å². The smallest absolute Gasteiger partial charge is 0.335 e. The van der Waals surface area contributed by atoms with Crippen LogP contribution in [0, 0.1) is 0 Å². The second-order valence-corrected chi connectivity index (χ2v) is 17.4. The molecule has 12 heteroatoms. The average molecular weight is 967 g/mol. The van der Waals surface area contributed by atoms with Gasteiger partial charge in [-0.25, -0.2) is 4.79 Å². The Hall–Kier alpha value is -4.36. The highest BCUT2D eigenvalue weighted by molar-refractivity contribution is 5.74. The van der Waals surface area contributed by atoms with Gasteiger partial charge >= 0.3 is 23.9 Å². The first-order chi connectivity index (χ1) is 33.6. The summed E-state index contributed by atoms with van der Waals surface area (Å²) in [6.07, 6.45) is 45.4. The van der Waals surface area contributed by atoms with Crippen molar-refractivity contribution in [1.82, 2.24) is 0 Å². The minimum Gasteiger partial charge on any atom is -0.479 e. The molecule has 69 heavy (non-hydrogen) atoms. The number of carbonyl (C=O) groups is 4. The van der Waals surface area contributed by atoms with Crippen molar-refractivity contribution in [2.24, 2.45) is 0 Å². The van der Waals surface area contributed by atoms with Gasteiger partial charge in [0.1, 0.15) is 18.8 Å². The van der Waals surface area contributed by atoms with Crippen LogP contribution in [-0.2, 0) is 42.9 Å². The van der Waals surface area contributed by atoms with Gasteiger partial charge in [-0.2, -0.15) is 0 Å². The van der Waals surface area contributed by atoms with Crippen molar-refractivity contribution >= 4 is 23.9 Å². The van der Waals surface area contributed by atoms with Crippen LogP contribution >= 0.6 is 0 Å². The molecule has 6 atom stereocenters. The van der Waals surface area contributed by atoms with Crippen LogP contribution in [0.1, 0.15) is 188 Å². The lowest BCUT2D eigenvalue weighted by Crippen LogP contribution is -2.61. The van der Waals surface area contributed by atoms with Crippen molar-refractivity contribution in [2.45, 2.75) is 225 Å². The summed E-state index contributed by atoms with van der Waals surface area (Å²) < 4.78 is 28.2. The zero-order valence-corrected chi connectivity index (χ0v) is 42.5. The van der Waals surface area contributed by atoms with E-state index in [0.29, 0.717) is 19.3 Å². The fourth-order valence-corrected chi connectivity index (χ4v) is 7.14. The molecule has 0 spiro atoms. The van der Waals surface area contributed by atoms with E-state index in [1.807, 2.05) is 0 Å². The van der Waals surface area contributed by atoms with Gasteiger partial charge in [0, 0.05) is 19.3 Å². The molecule has 1 heterocycles. The van der Waals surface area contributed by atoms with Crippen molar-refractivity contribution < 1.29 is 58.2 Å². The van der Waals surface area contributed by atoms with Crippen molar-refractivity contribution in [3.8, 4) is 0 Å². The van der Waals surface area contributed by atoms with Crippen molar-refractivity contribution in [3.05, 3.63) is 97.2 Å². The lowest BCUT2D eigenvalue weighted by molar-refractivity contribution is -0.301. The molecule has 0 saturated carbocycles. The molecule has 0 bridgehead atoms. The van der Waals surface area contributed by atoms with Gasteiger partial charge in [0.2, 0.25) is 0 Å². The third kappa shape index (κ3) is 35.4. The lowest BCUT2D eigenvalue weighted by Gasteiger charge is -2.40. The first-order valence-corrected chi connectivity index (χ1v) is 26.2. The molecule has 0 amide bonds. The summed E-state index contributed by atoms with van der Waals surface area (Å²) in [6, 6.07) is 0. The highest BCUT2D eigenvalue weighted by Crippen LogP contribution is 2.26. The summed E-state index contributed by atoms with van der Waals surface area (Å²) in [5.41, 5.74) is 0. The zero-order valence-electron chi connectivity index (χ0n) is 42.5. The van der Waals surface area contributed by atoms with E-state index in [0.717, 1.165) is 128 Å². The van der Waals surface area contributed by atoms with E-state index < -0.39 is 67.3 Å². The second-order valence-electron chi connectivity index (χ2n) is 17.4. The molecule has 1 aliphatic rings. The Morgan fingerprint density at radius 2 is 0.913 bits per heavy atom. The number of carboxylic acids is 1.